The molecule has 2 aromatic rings. The van der Waals surface area contributed by atoms with Gasteiger partial charge in [0.25, 0.3) is 17.7 Å². The lowest BCUT2D eigenvalue weighted by molar-refractivity contribution is -0.119. The van der Waals surface area contributed by atoms with Gasteiger partial charge in [-0.25, -0.2) is 4.79 Å². The Morgan fingerprint density at radius 2 is 1.67 bits per heavy atom. The molecule has 0 saturated carbocycles. The van der Waals surface area contributed by atoms with Crippen molar-refractivity contribution >= 4 is 29.4 Å². The van der Waals surface area contributed by atoms with Crippen LogP contribution in [0, 0.1) is 0 Å². The van der Waals surface area contributed by atoms with Crippen LogP contribution in [0.3, 0.4) is 0 Å². The molecule has 4 rings (SSSR count). The standard InChI is InChI=1S/C24H25N3O6/c28-21(25-18-5-2-1-3-6-18)16-33-24(31)17-7-8-19-20(15-17)23(30)27(22(19)29)10-4-9-26-11-13-32-14-12-26/h1-3,5-8,15H,4,9-14,16H2,(H,25,28). The lowest BCUT2D eigenvalue weighted by atomic mass is 10.1. The first-order chi connectivity index (χ1) is 16.0. The number of para-hydroxylation sites is 1. The van der Waals surface area contributed by atoms with Crippen LogP contribution >= 0.6 is 0 Å². The van der Waals surface area contributed by atoms with E-state index < -0.39 is 24.4 Å². The molecule has 0 spiro atoms. The highest BCUT2D eigenvalue weighted by atomic mass is 16.5. The quantitative estimate of drug-likeness (QED) is 0.482. The fourth-order valence-electron chi connectivity index (χ4n) is 3.83. The lowest BCUT2D eigenvalue weighted by Crippen LogP contribution is -2.39. The Kier molecular flexibility index (Phi) is 7.11. The molecule has 2 aliphatic rings. The zero-order valence-corrected chi connectivity index (χ0v) is 18.1. The van der Waals surface area contributed by atoms with E-state index in [1.165, 1.54) is 23.1 Å². The van der Waals surface area contributed by atoms with E-state index in [2.05, 4.69) is 10.2 Å². The minimum absolute atomic E-state index is 0.109. The Morgan fingerprint density at radius 3 is 2.42 bits per heavy atom. The summed E-state index contributed by atoms with van der Waals surface area (Å²) in [5.74, 6) is -2.01. The summed E-state index contributed by atoms with van der Waals surface area (Å²) < 4.78 is 10.4. The number of amides is 3. The zero-order valence-electron chi connectivity index (χ0n) is 18.1. The van der Waals surface area contributed by atoms with E-state index in [4.69, 9.17) is 9.47 Å². The molecule has 0 atom stereocenters. The number of fused-ring (bicyclic) bond motifs is 1. The molecule has 172 valence electrons. The van der Waals surface area contributed by atoms with Gasteiger partial charge in [-0.15, -0.1) is 0 Å². The van der Waals surface area contributed by atoms with Crippen molar-refractivity contribution in [3.05, 3.63) is 65.2 Å². The number of nitrogens with one attached hydrogen (secondary N) is 1. The number of anilines is 1. The van der Waals surface area contributed by atoms with Crippen LogP contribution in [0.2, 0.25) is 0 Å². The molecule has 9 nitrogen and oxygen atoms in total. The van der Waals surface area contributed by atoms with Crippen molar-refractivity contribution in [1.82, 2.24) is 9.80 Å². The summed E-state index contributed by atoms with van der Waals surface area (Å²) in [6, 6.07) is 13.0. The number of ether oxygens (including phenoxy) is 2. The molecule has 1 fully saturated rings. The van der Waals surface area contributed by atoms with E-state index >= 15 is 0 Å². The second-order valence-corrected chi connectivity index (χ2v) is 7.82. The van der Waals surface area contributed by atoms with Crippen molar-refractivity contribution in [2.45, 2.75) is 6.42 Å². The first-order valence-corrected chi connectivity index (χ1v) is 10.9. The van der Waals surface area contributed by atoms with Gasteiger partial charge in [-0.05, 0) is 36.8 Å². The third-order valence-corrected chi connectivity index (χ3v) is 5.56. The van der Waals surface area contributed by atoms with Gasteiger partial charge in [0, 0.05) is 31.9 Å². The Labute approximate surface area is 191 Å². The van der Waals surface area contributed by atoms with Crippen LogP contribution in [-0.4, -0.2) is 79.5 Å². The lowest BCUT2D eigenvalue weighted by Gasteiger charge is -2.27. The van der Waals surface area contributed by atoms with Gasteiger partial charge in [-0.1, -0.05) is 18.2 Å². The van der Waals surface area contributed by atoms with Gasteiger partial charge < -0.3 is 14.8 Å². The Balaban J connectivity index is 1.31. The number of esters is 1. The predicted octanol–water partition coefficient (Wildman–Crippen LogP) is 1.80. The minimum Gasteiger partial charge on any atom is -0.452 e. The van der Waals surface area contributed by atoms with Crippen molar-refractivity contribution in [2.75, 3.05) is 51.3 Å². The van der Waals surface area contributed by atoms with E-state index in [0.29, 0.717) is 31.9 Å². The number of benzene rings is 2. The molecule has 0 aromatic heterocycles. The average molecular weight is 451 g/mol. The summed E-state index contributed by atoms with van der Waals surface area (Å²) >= 11 is 0. The second-order valence-electron chi connectivity index (χ2n) is 7.82. The first-order valence-electron chi connectivity index (χ1n) is 10.9. The Morgan fingerprint density at radius 1 is 0.939 bits per heavy atom. The maximum atomic E-state index is 12.8. The number of imide groups is 1. The van der Waals surface area contributed by atoms with Gasteiger partial charge >= 0.3 is 5.97 Å². The largest absolute Gasteiger partial charge is 0.452 e. The molecule has 2 heterocycles. The molecule has 0 aliphatic carbocycles. The minimum atomic E-state index is -0.743. The Bertz CT molecular complexity index is 1050. The summed E-state index contributed by atoms with van der Waals surface area (Å²) in [4.78, 5) is 53.3. The number of carbonyl (C=O) groups excluding carboxylic acids is 4. The highest BCUT2D eigenvalue weighted by molar-refractivity contribution is 6.22. The molecular weight excluding hydrogens is 426 g/mol. The van der Waals surface area contributed by atoms with Crippen LogP contribution in [0.1, 0.15) is 37.5 Å². The van der Waals surface area contributed by atoms with Crippen LogP contribution in [0.25, 0.3) is 0 Å². The van der Waals surface area contributed by atoms with Crippen LogP contribution in [-0.2, 0) is 14.3 Å². The molecule has 0 bridgehead atoms. The van der Waals surface area contributed by atoms with Gasteiger partial charge in [0.15, 0.2) is 6.61 Å². The van der Waals surface area contributed by atoms with Crippen molar-refractivity contribution in [2.24, 2.45) is 0 Å². The molecule has 9 heteroatoms. The normalized spacial score (nSPS) is 15.9. The molecule has 1 N–H and O–H groups in total. The van der Waals surface area contributed by atoms with Crippen LogP contribution in [0.15, 0.2) is 48.5 Å². The molecule has 2 aromatic carbocycles. The fraction of sp³-hybridized carbons (Fsp3) is 0.333. The zero-order chi connectivity index (χ0) is 23.2. The number of carbonyl (C=O) groups is 4. The predicted molar refractivity (Wildman–Crippen MR) is 119 cm³/mol. The van der Waals surface area contributed by atoms with E-state index in [1.54, 1.807) is 24.3 Å². The maximum Gasteiger partial charge on any atom is 0.338 e. The number of morpholine rings is 1. The van der Waals surface area contributed by atoms with Gasteiger partial charge in [-0.2, -0.15) is 0 Å². The summed E-state index contributed by atoms with van der Waals surface area (Å²) in [5.41, 5.74) is 1.14. The Hall–Kier alpha value is -3.56. The van der Waals surface area contributed by atoms with Crippen LogP contribution in [0.4, 0.5) is 5.69 Å². The number of rotatable bonds is 8. The summed E-state index contributed by atoms with van der Waals surface area (Å²) in [6.07, 6.45) is 0.664. The summed E-state index contributed by atoms with van der Waals surface area (Å²) in [6.45, 7) is 3.70. The molecule has 0 unspecified atom stereocenters. The molecular formula is C24H25N3O6. The van der Waals surface area contributed by atoms with Crippen molar-refractivity contribution < 1.29 is 28.7 Å². The highest BCUT2D eigenvalue weighted by Crippen LogP contribution is 2.24. The van der Waals surface area contributed by atoms with Gasteiger partial charge in [-0.3, -0.25) is 24.2 Å². The second kappa shape index (κ2) is 10.4. The van der Waals surface area contributed by atoms with Crippen LogP contribution < -0.4 is 5.32 Å². The average Bonchev–Trinajstić information content (AvgIpc) is 3.08. The third-order valence-electron chi connectivity index (χ3n) is 5.56. The topological polar surface area (TPSA) is 105 Å². The molecule has 2 aliphatic heterocycles. The maximum absolute atomic E-state index is 12.8. The monoisotopic (exact) mass is 451 g/mol. The van der Waals surface area contributed by atoms with Crippen molar-refractivity contribution in [3.63, 3.8) is 0 Å². The van der Waals surface area contributed by atoms with E-state index in [0.717, 1.165) is 19.6 Å². The SMILES string of the molecule is O=C(COC(=O)c1ccc2c(c1)C(=O)N(CCCN1CCOCC1)C2=O)Nc1ccccc1. The van der Waals surface area contributed by atoms with Gasteiger partial charge in [0.05, 0.1) is 29.9 Å². The number of hydrogen-bond donors (Lipinski definition) is 1. The molecule has 1 saturated heterocycles. The van der Waals surface area contributed by atoms with E-state index in [-0.39, 0.29) is 22.6 Å². The van der Waals surface area contributed by atoms with Gasteiger partial charge in [0.1, 0.15) is 0 Å². The van der Waals surface area contributed by atoms with Gasteiger partial charge in [0.2, 0.25) is 0 Å². The smallest absolute Gasteiger partial charge is 0.338 e. The highest BCUT2D eigenvalue weighted by Gasteiger charge is 2.35. The fourth-order valence-corrected chi connectivity index (χ4v) is 3.83. The van der Waals surface area contributed by atoms with Crippen molar-refractivity contribution in [1.29, 1.82) is 0 Å². The molecule has 0 radical (unpaired) electrons. The molecule has 33 heavy (non-hydrogen) atoms. The number of nitrogens with zero attached hydrogens (tertiary/aromatic N) is 2. The van der Waals surface area contributed by atoms with E-state index in [9.17, 15) is 19.2 Å². The first kappa shape index (κ1) is 22.6. The van der Waals surface area contributed by atoms with Crippen LogP contribution in [0.5, 0.6) is 0 Å². The van der Waals surface area contributed by atoms with Crippen molar-refractivity contribution in [3.8, 4) is 0 Å². The third kappa shape index (κ3) is 5.44. The summed E-state index contributed by atoms with van der Waals surface area (Å²) in [5, 5.41) is 2.62. The number of hydrogen-bond acceptors (Lipinski definition) is 7. The summed E-state index contributed by atoms with van der Waals surface area (Å²) in [7, 11) is 0. The van der Waals surface area contributed by atoms with E-state index in [1.807, 2.05) is 6.07 Å². The molecule has 3 amide bonds.